The van der Waals surface area contributed by atoms with Crippen molar-refractivity contribution in [1.82, 2.24) is 14.4 Å². The third-order valence-corrected chi connectivity index (χ3v) is 8.45. The molecule has 0 saturated carbocycles. The number of aromatic nitrogens is 1. The van der Waals surface area contributed by atoms with Gasteiger partial charge in [0.2, 0.25) is 5.88 Å². The molecule has 0 aliphatic carbocycles. The van der Waals surface area contributed by atoms with Gasteiger partial charge in [-0.25, -0.2) is 0 Å². The quantitative estimate of drug-likeness (QED) is 0.462. The Labute approximate surface area is 232 Å². The van der Waals surface area contributed by atoms with Gasteiger partial charge in [0.05, 0.1) is 15.8 Å². The molecule has 1 N–H and O–H groups in total. The minimum absolute atomic E-state index is 0.00416. The van der Waals surface area contributed by atoms with Crippen molar-refractivity contribution in [2.24, 2.45) is 4.99 Å². The number of hydrogen-bond donors (Lipinski definition) is 1. The molecule has 0 radical (unpaired) electrons. The van der Waals surface area contributed by atoms with Gasteiger partial charge in [0.15, 0.2) is 0 Å². The first-order valence-corrected chi connectivity index (χ1v) is 13.9. The second kappa shape index (κ2) is 11.3. The number of halogens is 4. The van der Waals surface area contributed by atoms with Crippen molar-refractivity contribution < 1.29 is 18.3 Å². The number of benzene rings is 2. The third kappa shape index (κ3) is 6.14. The van der Waals surface area contributed by atoms with E-state index in [-0.39, 0.29) is 32.6 Å². The number of aromatic hydroxyl groups is 1. The Morgan fingerprint density at radius 2 is 1.87 bits per heavy atom. The Bertz CT molecular complexity index is 1590. The van der Waals surface area contributed by atoms with Crippen LogP contribution in [0.15, 0.2) is 52.4 Å². The van der Waals surface area contributed by atoms with Crippen LogP contribution in [0.3, 0.4) is 0 Å². The lowest BCUT2D eigenvalue weighted by Crippen LogP contribution is -2.44. The number of thiazole rings is 1. The van der Waals surface area contributed by atoms with Gasteiger partial charge < -0.3 is 14.9 Å². The van der Waals surface area contributed by atoms with Gasteiger partial charge in [-0.2, -0.15) is 13.2 Å². The Kier molecular flexibility index (Phi) is 8.00. The normalized spacial score (nSPS) is 16.8. The first-order chi connectivity index (χ1) is 18.6. The molecular formula is C28H28ClF3N4O2S. The Morgan fingerprint density at radius 1 is 1.10 bits per heavy atom. The number of alkyl halides is 3. The highest BCUT2D eigenvalue weighted by atomic mass is 35.5. The molecule has 2 aromatic carbocycles. The molecule has 1 fully saturated rings. The van der Waals surface area contributed by atoms with E-state index in [1.54, 1.807) is 18.3 Å². The first kappa shape index (κ1) is 27.6. The third-order valence-electron chi connectivity index (χ3n) is 7.18. The van der Waals surface area contributed by atoms with Crippen molar-refractivity contribution in [3.8, 4) is 5.88 Å². The van der Waals surface area contributed by atoms with Gasteiger partial charge in [0.25, 0.3) is 0 Å². The lowest BCUT2D eigenvalue weighted by atomic mass is 9.96. The number of fused-ring (bicyclic) bond motifs is 1. The Balaban J connectivity index is 1.52. The summed E-state index contributed by atoms with van der Waals surface area (Å²) in [6.07, 6.45) is -0.632. The molecule has 3 heterocycles. The highest BCUT2D eigenvalue weighted by molar-refractivity contribution is 7.10. The summed E-state index contributed by atoms with van der Waals surface area (Å²) in [6.45, 7) is 4.99. The van der Waals surface area contributed by atoms with Crippen molar-refractivity contribution in [1.29, 1.82) is 0 Å². The number of hydrogen-bond acceptors (Lipinski definition) is 6. The second-order valence-corrected chi connectivity index (χ2v) is 11.2. The molecule has 206 valence electrons. The van der Waals surface area contributed by atoms with E-state index in [1.165, 1.54) is 16.7 Å². The first-order valence-electron chi connectivity index (χ1n) is 12.7. The zero-order valence-electron chi connectivity index (χ0n) is 21.3. The Morgan fingerprint density at radius 3 is 2.62 bits per heavy atom. The van der Waals surface area contributed by atoms with Crippen LogP contribution in [-0.4, -0.2) is 59.2 Å². The van der Waals surface area contributed by atoms with Crippen LogP contribution in [-0.2, 0) is 19.1 Å². The monoisotopic (exact) mass is 576 g/mol. The molecule has 1 aromatic heterocycles. The summed E-state index contributed by atoms with van der Waals surface area (Å²) < 4.78 is 43.1. The fourth-order valence-electron chi connectivity index (χ4n) is 4.98. The molecule has 0 unspecified atom stereocenters. The van der Waals surface area contributed by atoms with Gasteiger partial charge in [-0.05, 0) is 66.7 Å². The van der Waals surface area contributed by atoms with Crippen LogP contribution < -0.4 is 15.4 Å². The summed E-state index contributed by atoms with van der Waals surface area (Å²) in [7, 11) is 2.09. The number of rotatable bonds is 7. The summed E-state index contributed by atoms with van der Waals surface area (Å²) in [6, 6.07) is 9.03. The standard InChI is InChI=1S/C28H28ClF3N4O2S/c1-34-11-13-35(14-12-34)9-2-10-36-26(37)25(39-27(36)38)22(18-4-6-24-20(15-18)7-8-33-24)16-19-3-5-21(29)17-23(19)28(30,31)32/h3-8,15,17,37H,2,9-14,16H2,1H3. The maximum absolute atomic E-state index is 13.9. The van der Waals surface area contributed by atoms with E-state index in [2.05, 4.69) is 21.8 Å². The maximum Gasteiger partial charge on any atom is 0.416 e. The van der Waals surface area contributed by atoms with Gasteiger partial charge in [-0.15, -0.1) is 0 Å². The molecule has 6 nitrogen and oxygen atoms in total. The molecule has 2 aliphatic rings. The average molecular weight is 577 g/mol. The molecule has 39 heavy (non-hydrogen) atoms. The van der Waals surface area contributed by atoms with E-state index >= 15 is 0 Å². The predicted molar refractivity (Wildman–Crippen MR) is 148 cm³/mol. The minimum Gasteiger partial charge on any atom is -0.493 e. The average Bonchev–Trinajstić information content (AvgIpc) is 3.47. The second-order valence-electron chi connectivity index (χ2n) is 9.84. The number of nitrogens with zero attached hydrogens (tertiary/aromatic N) is 4. The van der Waals surface area contributed by atoms with Crippen molar-refractivity contribution in [2.75, 3.05) is 39.8 Å². The SMILES string of the molecule is CN1CCN(CCCn2c(O)c(C(Cc3ccc(Cl)cc3C(F)(F)F)=c3ccc4c(c3)C=CN=4)sc2=O)CC1. The minimum atomic E-state index is -4.62. The lowest BCUT2D eigenvalue weighted by Gasteiger charge is -2.32. The van der Waals surface area contributed by atoms with Crippen LogP contribution in [0.25, 0.3) is 11.6 Å². The van der Waals surface area contributed by atoms with E-state index < -0.39 is 11.7 Å². The fraction of sp³-hybridized carbons (Fsp3) is 0.357. The van der Waals surface area contributed by atoms with Crippen LogP contribution in [0.5, 0.6) is 5.88 Å². The molecule has 2 aliphatic heterocycles. The van der Waals surface area contributed by atoms with Gasteiger partial charge in [0.1, 0.15) is 0 Å². The van der Waals surface area contributed by atoms with Gasteiger partial charge >= 0.3 is 11.0 Å². The van der Waals surface area contributed by atoms with Crippen molar-refractivity contribution in [2.45, 2.75) is 25.6 Å². The van der Waals surface area contributed by atoms with Gasteiger partial charge in [-0.1, -0.05) is 35.1 Å². The van der Waals surface area contributed by atoms with Crippen LogP contribution in [0.4, 0.5) is 13.2 Å². The van der Waals surface area contributed by atoms with E-state index in [4.69, 9.17) is 11.6 Å². The summed E-state index contributed by atoms with van der Waals surface area (Å²) >= 11 is 6.76. The highest BCUT2D eigenvalue weighted by Crippen LogP contribution is 2.37. The summed E-state index contributed by atoms with van der Waals surface area (Å²) in [4.78, 5) is 21.8. The van der Waals surface area contributed by atoms with Crippen LogP contribution >= 0.6 is 22.9 Å². The number of piperazine rings is 1. The molecule has 5 rings (SSSR count). The zero-order chi connectivity index (χ0) is 27.7. The maximum atomic E-state index is 13.9. The molecule has 1 saturated heterocycles. The topological polar surface area (TPSA) is 61.1 Å². The summed E-state index contributed by atoms with van der Waals surface area (Å²) in [5.41, 5.74) is 0.408. The van der Waals surface area contributed by atoms with E-state index in [0.717, 1.165) is 61.0 Å². The van der Waals surface area contributed by atoms with Gasteiger partial charge in [0, 0.05) is 55.9 Å². The van der Waals surface area contributed by atoms with Crippen LogP contribution in [0.2, 0.25) is 5.02 Å². The largest absolute Gasteiger partial charge is 0.493 e. The smallest absolute Gasteiger partial charge is 0.416 e. The Hall–Kier alpha value is -2.92. The zero-order valence-corrected chi connectivity index (χ0v) is 22.9. The van der Waals surface area contributed by atoms with Crippen LogP contribution in [0, 0.1) is 0 Å². The molecule has 0 spiro atoms. The van der Waals surface area contributed by atoms with E-state index in [9.17, 15) is 23.1 Å². The van der Waals surface area contributed by atoms with Crippen molar-refractivity contribution in [3.63, 3.8) is 0 Å². The van der Waals surface area contributed by atoms with Gasteiger partial charge in [-0.3, -0.25) is 14.4 Å². The lowest BCUT2D eigenvalue weighted by molar-refractivity contribution is -0.138. The molecule has 0 amide bonds. The fourth-order valence-corrected chi connectivity index (χ4v) is 6.13. The molecular weight excluding hydrogens is 549 g/mol. The van der Waals surface area contributed by atoms with Crippen LogP contribution in [0.1, 0.15) is 28.0 Å². The van der Waals surface area contributed by atoms with E-state index in [1.807, 2.05) is 12.1 Å². The molecule has 11 heteroatoms. The molecule has 0 atom stereocenters. The predicted octanol–water partition coefficient (Wildman–Crippen LogP) is 3.97. The van der Waals surface area contributed by atoms with Crippen molar-refractivity contribution >= 4 is 34.6 Å². The summed E-state index contributed by atoms with van der Waals surface area (Å²) in [5, 5.41) is 12.6. The molecule has 0 bridgehead atoms. The van der Waals surface area contributed by atoms with Crippen molar-refractivity contribution in [3.05, 3.63) is 89.4 Å². The highest BCUT2D eigenvalue weighted by Gasteiger charge is 2.34. The molecule has 3 aromatic rings. The van der Waals surface area contributed by atoms with E-state index in [0.29, 0.717) is 23.8 Å². The number of likely N-dealkylation sites (N-methyl/N-ethyl adjacent to an activating group) is 1. The summed E-state index contributed by atoms with van der Waals surface area (Å²) in [5.74, 6) is -0.221.